The number of benzene rings is 1. The van der Waals surface area contributed by atoms with Gasteiger partial charge in [0.15, 0.2) is 0 Å². The van der Waals surface area contributed by atoms with Gasteiger partial charge >= 0.3 is 0 Å². The number of aliphatic hydroxyl groups excluding tert-OH is 1. The summed E-state index contributed by atoms with van der Waals surface area (Å²) >= 11 is 0. The van der Waals surface area contributed by atoms with E-state index in [1.54, 1.807) is 6.07 Å². The van der Waals surface area contributed by atoms with E-state index in [0.29, 0.717) is 5.88 Å². The fraction of sp³-hybridized carbons (Fsp3) is 0.353. The van der Waals surface area contributed by atoms with Crippen LogP contribution in [0.5, 0.6) is 11.6 Å². The van der Waals surface area contributed by atoms with Crippen molar-refractivity contribution < 1.29 is 9.84 Å². The van der Waals surface area contributed by atoms with Crippen LogP contribution in [-0.2, 0) is 19.4 Å². The second-order valence-electron chi connectivity index (χ2n) is 4.82. The minimum absolute atomic E-state index is 0.00456. The summed E-state index contributed by atoms with van der Waals surface area (Å²) in [5.74, 6) is 1.34. The summed E-state index contributed by atoms with van der Waals surface area (Å²) in [7, 11) is 0. The molecular formula is C17H21NO2. The summed E-state index contributed by atoms with van der Waals surface area (Å²) in [6.07, 6.45) is 2.88. The van der Waals surface area contributed by atoms with E-state index in [9.17, 15) is 5.11 Å². The van der Waals surface area contributed by atoms with E-state index in [1.165, 1.54) is 5.56 Å². The first kappa shape index (κ1) is 14.5. The number of ether oxygens (including phenoxy) is 1. The molecule has 0 amide bonds. The summed E-state index contributed by atoms with van der Waals surface area (Å²) in [6, 6.07) is 11.7. The van der Waals surface area contributed by atoms with Crippen molar-refractivity contribution >= 4 is 0 Å². The Labute approximate surface area is 120 Å². The lowest BCUT2D eigenvalue weighted by Crippen LogP contribution is -1.97. The lowest BCUT2D eigenvalue weighted by molar-refractivity contribution is 0.280. The number of pyridine rings is 1. The Bertz CT molecular complexity index is 567. The average Bonchev–Trinajstić information content (AvgIpc) is 2.47. The zero-order chi connectivity index (χ0) is 14.4. The van der Waals surface area contributed by atoms with Crippen LogP contribution < -0.4 is 4.74 Å². The van der Waals surface area contributed by atoms with E-state index < -0.39 is 0 Å². The third-order valence-corrected chi connectivity index (χ3v) is 3.13. The highest BCUT2D eigenvalue weighted by Crippen LogP contribution is 2.23. The second kappa shape index (κ2) is 7.06. The number of aryl methyl sites for hydroxylation is 2. The molecule has 1 aromatic heterocycles. The predicted octanol–water partition coefficient (Wildman–Crippen LogP) is 3.88. The molecule has 0 saturated heterocycles. The molecule has 2 rings (SSSR count). The molecule has 0 aliphatic rings. The Morgan fingerprint density at radius 2 is 1.95 bits per heavy atom. The molecule has 1 aromatic carbocycles. The molecule has 3 nitrogen and oxygen atoms in total. The van der Waals surface area contributed by atoms with Gasteiger partial charge in [-0.3, -0.25) is 0 Å². The first-order valence-corrected chi connectivity index (χ1v) is 7.12. The first-order chi connectivity index (χ1) is 9.75. The number of aliphatic hydroxyl groups is 1. The van der Waals surface area contributed by atoms with Gasteiger partial charge in [0.05, 0.1) is 6.61 Å². The maximum Gasteiger partial charge on any atom is 0.219 e. The first-order valence-electron chi connectivity index (χ1n) is 7.12. The van der Waals surface area contributed by atoms with Crippen molar-refractivity contribution in [3.05, 3.63) is 53.2 Å². The molecule has 106 valence electrons. The Balaban J connectivity index is 2.24. The third kappa shape index (κ3) is 3.81. The molecule has 0 fully saturated rings. The van der Waals surface area contributed by atoms with E-state index in [0.717, 1.165) is 36.3 Å². The number of hydrogen-bond donors (Lipinski definition) is 1. The van der Waals surface area contributed by atoms with Crippen molar-refractivity contribution in [2.75, 3.05) is 0 Å². The minimum atomic E-state index is 0.00456. The molecule has 0 saturated carbocycles. The Hall–Kier alpha value is -1.87. The molecule has 0 aliphatic heterocycles. The second-order valence-corrected chi connectivity index (χ2v) is 4.82. The van der Waals surface area contributed by atoms with Gasteiger partial charge in [-0.15, -0.1) is 0 Å². The average molecular weight is 271 g/mol. The Kier molecular flexibility index (Phi) is 5.13. The summed E-state index contributed by atoms with van der Waals surface area (Å²) in [4.78, 5) is 4.49. The van der Waals surface area contributed by atoms with Crippen molar-refractivity contribution in [2.24, 2.45) is 0 Å². The zero-order valence-electron chi connectivity index (χ0n) is 12.1. The topological polar surface area (TPSA) is 42.4 Å². The molecule has 3 heteroatoms. The Morgan fingerprint density at radius 1 is 1.10 bits per heavy atom. The molecule has 0 unspecified atom stereocenters. The molecule has 1 heterocycles. The van der Waals surface area contributed by atoms with Crippen LogP contribution in [0.3, 0.4) is 0 Å². The van der Waals surface area contributed by atoms with Crippen molar-refractivity contribution in [2.45, 2.75) is 39.7 Å². The van der Waals surface area contributed by atoms with Gasteiger partial charge < -0.3 is 9.84 Å². The SMILES string of the molecule is CCCc1cc(CO)cc(Oc2cccc(CC)c2)n1. The van der Waals surface area contributed by atoms with Crippen molar-refractivity contribution in [3.63, 3.8) is 0 Å². The summed E-state index contributed by atoms with van der Waals surface area (Å²) in [5.41, 5.74) is 3.03. The number of hydrogen-bond acceptors (Lipinski definition) is 3. The summed E-state index contributed by atoms with van der Waals surface area (Å²) in [5, 5.41) is 9.32. The van der Waals surface area contributed by atoms with Crippen LogP contribution in [0.4, 0.5) is 0 Å². The van der Waals surface area contributed by atoms with E-state index in [1.807, 2.05) is 24.3 Å². The zero-order valence-corrected chi connectivity index (χ0v) is 12.1. The van der Waals surface area contributed by atoms with Gasteiger partial charge in [-0.05, 0) is 42.2 Å². The predicted molar refractivity (Wildman–Crippen MR) is 80.0 cm³/mol. The highest BCUT2D eigenvalue weighted by Gasteiger charge is 2.05. The minimum Gasteiger partial charge on any atom is -0.439 e. The van der Waals surface area contributed by atoms with Gasteiger partial charge in [0.2, 0.25) is 5.88 Å². The van der Waals surface area contributed by atoms with Crippen LogP contribution in [-0.4, -0.2) is 10.1 Å². The maximum absolute atomic E-state index is 9.32. The van der Waals surface area contributed by atoms with Gasteiger partial charge in [0.1, 0.15) is 5.75 Å². The number of nitrogens with zero attached hydrogens (tertiary/aromatic N) is 1. The molecule has 1 N–H and O–H groups in total. The monoisotopic (exact) mass is 271 g/mol. The summed E-state index contributed by atoms with van der Waals surface area (Å²) in [6.45, 7) is 4.23. The normalized spacial score (nSPS) is 10.6. The molecular weight excluding hydrogens is 250 g/mol. The van der Waals surface area contributed by atoms with E-state index in [-0.39, 0.29) is 6.61 Å². The molecule has 0 atom stereocenters. The maximum atomic E-state index is 9.32. The van der Waals surface area contributed by atoms with Gasteiger partial charge in [0.25, 0.3) is 0 Å². The lowest BCUT2D eigenvalue weighted by atomic mass is 10.1. The van der Waals surface area contributed by atoms with Crippen LogP contribution in [0.1, 0.15) is 37.1 Å². The number of rotatable bonds is 6. The molecule has 2 aromatic rings. The van der Waals surface area contributed by atoms with Gasteiger partial charge in [-0.2, -0.15) is 0 Å². The highest BCUT2D eigenvalue weighted by atomic mass is 16.5. The van der Waals surface area contributed by atoms with Crippen LogP contribution in [0, 0.1) is 0 Å². The van der Waals surface area contributed by atoms with E-state index in [2.05, 4.69) is 24.9 Å². The molecule has 0 bridgehead atoms. The summed E-state index contributed by atoms with van der Waals surface area (Å²) < 4.78 is 5.83. The largest absolute Gasteiger partial charge is 0.439 e. The fourth-order valence-corrected chi connectivity index (χ4v) is 2.10. The smallest absolute Gasteiger partial charge is 0.219 e. The fourth-order valence-electron chi connectivity index (χ4n) is 2.10. The molecule has 0 radical (unpaired) electrons. The van der Waals surface area contributed by atoms with Crippen molar-refractivity contribution in [1.29, 1.82) is 0 Å². The van der Waals surface area contributed by atoms with Crippen molar-refractivity contribution in [3.8, 4) is 11.6 Å². The van der Waals surface area contributed by atoms with Crippen molar-refractivity contribution in [1.82, 2.24) is 4.98 Å². The molecule has 0 spiro atoms. The van der Waals surface area contributed by atoms with Gasteiger partial charge in [-0.1, -0.05) is 32.4 Å². The van der Waals surface area contributed by atoms with Gasteiger partial charge in [0, 0.05) is 11.8 Å². The van der Waals surface area contributed by atoms with E-state index in [4.69, 9.17) is 4.74 Å². The van der Waals surface area contributed by atoms with Crippen LogP contribution in [0.15, 0.2) is 36.4 Å². The lowest BCUT2D eigenvalue weighted by Gasteiger charge is -2.09. The number of aromatic nitrogens is 1. The highest BCUT2D eigenvalue weighted by molar-refractivity contribution is 5.33. The third-order valence-electron chi connectivity index (χ3n) is 3.13. The quantitative estimate of drug-likeness (QED) is 0.867. The van der Waals surface area contributed by atoms with Crippen LogP contribution in [0.25, 0.3) is 0 Å². The van der Waals surface area contributed by atoms with Gasteiger partial charge in [-0.25, -0.2) is 4.98 Å². The van der Waals surface area contributed by atoms with Crippen LogP contribution >= 0.6 is 0 Å². The standard InChI is InChI=1S/C17H21NO2/c1-3-6-15-9-14(12-19)11-17(18-15)20-16-8-5-7-13(4-2)10-16/h5,7-11,19H,3-4,6,12H2,1-2H3. The molecule has 20 heavy (non-hydrogen) atoms. The Morgan fingerprint density at radius 3 is 2.65 bits per heavy atom. The molecule has 0 aliphatic carbocycles. The van der Waals surface area contributed by atoms with E-state index >= 15 is 0 Å². The van der Waals surface area contributed by atoms with Crippen LogP contribution in [0.2, 0.25) is 0 Å².